The molecule has 0 spiro atoms. The summed E-state index contributed by atoms with van der Waals surface area (Å²) in [5, 5.41) is 6.75. The van der Waals surface area contributed by atoms with Crippen molar-refractivity contribution in [2.24, 2.45) is 10.9 Å². The van der Waals surface area contributed by atoms with E-state index in [0.717, 1.165) is 18.4 Å². The molecule has 3 aromatic heterocycles. The van der Waals surface area contributed by atoms with Gasteiger partial charge in [0.25, 0.3) is 5.91 Å². The Morgan fingerprint density at radius 2 is 2.02 bits per heavy atom. The Balaban J connectivity index is 1.25. The molecule has 1 saturated carbocycles. The number of pyridine rings is 2. The second-order valence-corrected chi connectivity index (χ2v) is 11.1. The molecule has 208 valence electrons. The monoisotopic (exact) mass is 568 g/mol. The molecule has 11 heteroatoms. The van der Waals surface area contributed by atoms with Crippen LogP contribution in [0, 0.1) is 12.8 Å². The number of anilines is 3. The summed E-state index contributed by atoms with van der Waals surface area (Å²) in [6.07, 6.45) is 7.70. The Hall–Kier alpha value is -4.64. The number of amides is 4. The van der Waals surface area contributed by atoms with E-state index in [1.807, 2.05) is 37.3 Å². The number of nitrogens with one attached hydrogen (secondary N) is 2. The highest BCUT2D eigenvalue weighted by atomic mass is 32.1. The summed E-state index contributed by atoms with van der Waals surface area (Å²) >= 11 is 1.25. The van der Waals surface area contributed by atoms with Crippen molar-refractivity contribution >= 4 is 62.7 Å². The number of carbonyl (C=O) groups is 3. The highest BCUT2D eigenvalue weighted by Gasteiger charge is 2.34. The number of hydrogen-bond donors (Lipinski definition) is 2. The molecule has 0 saturated heterocycles. The van der Waals surface area contributed by atoms with Gasteiger partial charge in [-0.15, -0.1) is 11.3 Å². The van der Waals surface area contributed by atoms with Gasteiger partial charge in [0.1, 0.15) is 15.5 Å². The summed E-state index contributed by atoms with van der Waals surface area (Å²) in [7, 11) is 0. The zero-order valence-electron chi connectivity index (χ0n) is 22.6. The summed E-state index contributed by atoms with van der Waals surface area (Å²) in [5.74, 6) is 0.842. The number of hydrogen-bond acceptors (Lipinski definition) is 7. The number of aliphatic imine (C=N–C) groups is 1. The van der Waals surface area contributed by atoms with Crippen LogP contribution < -0.4 is 20.3 Å². The molecule has 2 atom stereocenters. The van der Waals surface area contributed by atoms with Crippen molar-refractivity contribution < 1.29 is 19.1 Å². The van der Waals surface area contributed by atoms with E-state index in [2.05, 4.69) is 25.6 Å². The van der Waals surface area contributed by atoms with Crippen LogP contribution in [0.4, 0.5) is 21.9 Å². The van der Waals surface area contributed by atoms with Crippen LogP contribution >= 0.6 is 11.3 Å². The van der Waals surface area contributed by atoms with Crippen LogP contribution in [0.5, 0.6) is 11.6 Å². The number of nitrogens with zero attached hydrogens (tertiary/aromatic N) is 4. The van der Waals surface area contributed by atoms with Crippen LogP contribution in [0.15, 0.2) is 59.9 Å². The molecular formula is C30H28N6O4S. The smallest absolute Gasteiger partial charge is 0.331 e. The summed E-state index contributed by atoms with van der Waals surface area (Å²) in [5.41, 5.74) is 2.48. The van der Waals surface area contributed by atoms with Crippen molar-refractivity contribution in [3.63, 3.8) is 0 Å². The van der Waals surface area contributed by atoms with Gasteiger partial charge in [-0.05, 0) is 55.9 Å². The molecule has 4 amide bonds. The number of ether oxygens (including phenoxy) is 1. The van der Waals surface area contributed by atoms with Crippen molar-refractivity contribution in [3.05, 3.63) is 65.3 Å². The number of rotatable bonds is 7. The first kappa shape index (κ1) is 26.6. The predicted molar refractivity (Wildman–Crippen MR) is 159 cm³/mol. The Kier molecular flexibility index (Phi) is 7.19. The molecule has 0 bridgehead atoms. The van der Waals surface area contributed by atoms with Gasteiger partial charge >= 0.3 is 6.03 Å². The maximum atomic E-state index is 13.5. The van der Waals surface area contributed by atoms with E-state index in [4.69, 9.17) is 4.74 Å². The van der Waals surface area contributed by atoms with Gasteiger partial charge in [-0.25, -0.2) is 19.8 Å². The third kappa shape index (κ3) is 5.28. The van der Waals surface area contributed by atoms with Gasteiger partial charge in [0.2, 0.25) is 11.8 Å². The van der Waals surface area contributed by atoms with Crippen LogP contribution in [0.2, 0.25) is 0 Å². The summed E-state index contributed by atoms with van der Waals surface area (Å²) in [6, 6.07) is 12.5. The summed E-state index contributed by atoms with van der Waals surface area (Å²) < 4.78 is 5.86. The van der Waals surface area contributed by atoms with Crippen LogP contribution in [0.25, 0.3) is 10.2 Å². The SMILES string of the molecule is CCC(=O)N=CC1CC[C@@H](NC(=O)c2sc3nccc4c3c2NC(=O)N4c2cnc(Oc3ccccc3)cc2C)C1. The Bertz CT molecular complexity index is 1690. The molecular weight excluding hydrogens is 540 g/mol. The average molecular weight is 569 g/mol. The molecule has 1 aromatic carbocycles. The van der Waals surface area contributed by atoms with Gasteiger partial charge in [-0.2, -0.15) is 0 Å². The standard InChI is InChI=1S/C30H28N6O4S/c1-3-23(37)32-15-18-9-10-19(14-18)34-28(38)27-26-25-21(11-12-31-29(25)41-27)36(30(39)35-26)22-16-33-24(13-17(22)2)40-20-7-5-4-6-8-20/h4-8,11-13,15-16,18-19H,3,9-10,14H2,1-2H3,(H,34,38)(H,35,39)/t18?,19-/m1/s1. The minimum absolute atomic E-state index is 0.0401. The van der Waals surface area contributed by atoms with Gasteiger partial charge in [-0.3, -0.25) is 14.5 Å². The molecule has 1 fully saturated rings. The molecule has 1 aliphatic heterocycles. The van der Waals surface area contributed by atoms with Crippen LogP contribution in [0.1, 0.15) is 47.8 Å². The average Bonchev–Trinajstić information content (AvgIpc) is 3.58. The lowest BCUT2D eigenvalue weighted by molar-refractivity contribution is -0.117. The van der Waals surface area contributed by atoms with E-state index in [9.17, 15) is 14.4 Å². The summed E-state index contributed by atoms with van der Waals surface area (Å²) in [6.45, 7) is 3.67. The van der Waals surface area contributed by atoms with Crippen LogP contribution in [-0.2, 0) is 4.79 Å². The van der Waals surface area contributed by atoms with Gasteiger partial charge in [0, 0.05) is 30.9 Å². The first-order chi connectivity index (χ1) is 19.9. The number of urea groups is 1. The minimum atomic E-state index is -0.392. The van der Waals surface area contributed by atoms with Gasteiger partial charge in [0.05, 0.1) is 28.6 Å². The molecule has 2 aliphatic rings. The second kappa shape index (κ2) is 11.1. The number of aromatic nitrogens is 2. The fourth-order valence-electron chi connectivity index (χ4n) is 5.22. The lowest BCUT2D eigenvalue weighted by atomic mass is 10.1. The zero-order valence-corrected chi connectivity index (χ0v) is 23.4. The lowest BCUT2D eigenvalue weighted by Gasteiger charge is -2.29. The van der Waals surface area contributed by atoms with Crippen LogP contribution in [-0.4, -0.2) is 40.1 Å². The predicted octanol–water partition coefficient (Wildman–Crippen LogP) is 6.38. The van der Waals surface area contributed by atoms with E-state index < -0.39 is 6.03 Å². The maximum Gasteiger partial charge on any atom is 0.331 e. The highest BCUT2D eigenvalue weighted by Crippen LogP contribution is 2.46. The maximum absolute atomic E-state index is 13.5. The number of aryl methyl sites for hydroxylation is 1. The number of carbonyl (C=O) groups excluding carboxylic acids is 3. The molecule has 4 aromatic rings. The van der Waals surface area contributed by atoms with Crippen LogP contribution in [0.3, 0.4) is 0 Å². The lowest BCUT2D eigenvalue weighted by Crippen LogP contribution is -2.36. The van der Waals surface area contributed by atoms with E-state index in [1.165, 1.54) is 11.3 Å². The fraction of sp³-hybridized carbons (Fsp3) is 0.267. The first-order valence-corrected chi connectivity index (χ1v) is 14.3. The molecule has 6 rings (SSSR count). The minimum Gasteiger partial charge on any atom is -0.439 e. The van der Waals surface area contributed by atoms with Crippen molar-refractivity contribution in [2.75, 3.05) is 10.2 Å². The van der Waals surface area contributed by atoms with Gasteiger partial charge in [0.15, 0.2) is 0 Å². The Morgan fingerprint density at radius 1 is 1.20 bits per heavy atom. The largest absolute Gasteiger partial charge is 0.439 e. The zero-order chi connectivity index (χ0) is 28.5. The Morgan fingerprint density at radius 3 is 2.80 bits per heavy atom. The molecule has 1 aliphatic carbocycles. The van der Waals surface area contributed by atoms with E-state index >= 15 is 0 Å². The van der Waals surface area contributed by atoms with E-state index in [0.29, 0.717) is 56.6 Å². The summed E-state index contributed by atoms with van der Waals surface area (Å²) in [4.78, 5) is 54.0. The third-order valence-corrected chi connectivity index (χ3v) is 8.35. The highest BCUT2D eigenvalue weighted by molar-refractivity contribution is 7.21. The number of benzene rings is 1. The molecule has 2 N–H and O–H groups in total. The molecule has 41 heavy (non-hydrogen) atoms. The normalized spacial score (nSPS) is 18.1. The van der Waals surface area contributed by atoms with E-state index in [-0.39, 0.29) is 23.8 Å². The van der Waals surface area contributed by atoms with Crippen molar-refractivity contribution in [1.82, 2.24) is 15.3 Å². The topological polar surface area (TPSA) is 126 Å². The van der Waals surface area contributed by atoms with Crippen molar-refractivity contribution in [2.45, 2.75) is 45.6 Å². The molecule has 10 nitrogen and oxygen atoms in total. The van der Waals surface area contributed by atoms with Crippen molar-refractivity contribution in [3.8, 4) is 11.6 Å². The first-order valence-electron chi connectivity index (χ1n) is 13.5. The van der Waals surface area contributed by atoms with E-state index in [1.54, 1.807) is 42.6 Å². The number of para-hydroxylation sites is 1. The van der Waals surface area contributed by atoms with Crippen molar-refractivity contribution in [1.29, 1.82) is 0 Å². The molecule has 0 radical (unpaired) electrons. The molecule has 1 unspecified atom stereocenters. The van der Waals surface area contributed by atoms with Gasteiger partial charge in [-0.1, -0.05) is 25.1 Å². The molecule has 4 heterocycles. The Labute approximate surface area is 240 Å². The van der Waals surface area contributed by atoms with Gasteiger partial charge < -0.3 is 15.4 Å². The quantitative estimate of drug-likeness (QED) is 0.249. The third-order valence-electron chi connectivity index (χ3n) is 7.26. The fourth-order valence-corrected chi connectivity index (χ4v) is 6.24. The second-order valence-electron chi connectivity index (χ2n) is 10.1. The number of thiophene rings is 1.